The summed E-state index contributed by atoms with van der Waals surface area (Å²) in [5, 5.41) is 5.32. The Labute approximate surface area is 114 Å². The maximum atomic E-state index is 5.03. The number of thiophene rings is 1. The van der Waals surface area contributed by atoms with E-state index in [0.29, 0.717) is 12.4 Å². The van der Waals surface area contributed by atoms with E-state index in [1.54, 1.807) is 31.0 Å². The molecule has 0 aromatic carbocycles. The molecular formula is C13H12N4OS. The summed E-state index contributed by atoms with van der Waals surface area (Å²) in [6, 6.07) is 5.81. The maximum absolute atomic E-state index is 5.03. The fraction of sp³-hybridized carbons (Fsp3) is 0.154. The second-order valence-corrected chi connectivity index (χ2v) is 4.84. The molecule has 0 aliphatic carbocycles. The number of nitrogens with zero attached hydrogens (tertiary/aromatic N) is 3. The molecule has 3 aromatic heterocycles. The SMILES string of the molecule is COc1ccc(CNc2ncnc3ccsc23)cn1. The average molecular weight is 272 g/mol. The van der Waals surface area contributed by atoms with E-state index < -0.39 is 0 Å². The Morgan fingerprint density at radius 1 is 1.21 bits per heavy atom. The van der Waals surface area contributed by atoms with Crippen molar-refractivity contribution in [3.63, 3.8) is 0 Å². The Balaban J connectivity index is 1.76. The zero-order valence-corrected chi connectivity index (χ0v) is 11.1. The average Bonchev–Trinajstić information content (AvgIpc) is 2.94. The van der Waals surface area contributed by atoms with Crippen LogP contribution in [-0.2, 0) is 6.54 Å². The van der Waals surface area contributed by atoms with Gasteiger partial charge in [0.2, 0.25) is 5.88 Å². The minimum absolute atomic E-state index is 0.617. The van der Waals surface area contributed by atoms with Crippen molar-refractivity contribution in [2.75, 3.05) is 12.4 Å². The van der Waals surface area contributed by atoms with E-state index in [4.69, 9.17) is 4.74 Å². The highest BCUT2D eigenvalue weighted by atomic mass is 32.1. The van der Waals surface area contributed by atoms with E-state index in [-0.39, 0.29) is 0 Å². The van der Waals surface area contributed by atoms with Crippen molar-refractivity contribution in [2.24, 2.45) is 0 Å². The Bertz CT molecular complexity index is 680. The number of hydrogen-bond acceptors (Lipinski definition) is 6. The van der Waals surface area contributed by atoms with Crippen molar-refractivity contribution >= 4 is 27.4 Å². The molecular weight excluding hydrogens is 260 g/mol. The highest BCUT2D eigenvalue weighted by Crippen LogP contribution is 2.25. The third-order valence-corrected chi connectivity index (χ3v) is 3.62. The molecule has 0 atom stereocenters. The number of pyridine rings is 1. The van der Waals surface area contributed by atoms with E-state index in [9.17, 15) is 0 Å². The van der Waals surface area contributed by atoms with E-state index in [0.717, 1.165) is 21.6 Å². The number of nitrogens with one attached hydrogen (secondary N) is 1. The molecule has 0 unspecified atom stereocenters. The fourth-order valence-electron chi connectivity index (χ4n) is 1.74. The van der Waals surface area contributed by atoms with Crippen LogP contribution in [0.1, 0.15) is 5.56 Å². The van der Waals surface area contributed by atoms with Gasteiger partial charge < -0.3 is 10.1 Å². The van der Waals surface area contributed by atoms with Gasteiger partial charge in [0, 0.05) is 18.8 Å². The van der Waals surface area contributed by atoms with E-state index in [1.165, 1.54) is 0 Å². The number of hydrogen-bond donors (Lipinski definition) is 1. The molecule has 96 valence electrons. The van der Waals surface area contributed by atoms with Crippen LogP contribution in [0.3, 0.4) is 0 Å². The second kappa shape index (κ2) is 5.19. The Kier molecular flexibility index (Phi) is 3.24. The minimum Gasteiger partial charge on any atom is -0.481 e. The van der Waals surface area contributed by atoms with Crippen molar-refractivity contribution in [1.82, 2.24) is 15.0 Å². The van der Waals surface area contributed by atoms with Gasteiger partial charge in [-0.1, -0.05) is 6.07 Å². The standard InChI is InChI=1S/C13H12N4OS/c1-18-11-3-2-9(6-14-11)7-15-13-12-10(4-5-19-12)16-8-17-13/h2-6,8H,7H2,1H3,(H,15,16,17). The summed E-state index contributed by atoms with van der Waals surface area (Å²) in [6.45, 7) is 0.668. The van der Waals surface area contributed by atoms with Gasteiger partial charge in [0.1, 0.15) is 12.1 Å². The zero-order chi connectivity index (χ0) is 13.1. The molecule has 0 fully saturated rings. The summed E-state index contributed by atoms with van der Waals surface area (Å²) in [7, 11) is 1.61. The smallest absolute Gasteiger partial charge is 0.212 e. The summed E-state index contributed by atoms with van der Waals surface area (Å²) in [6.07, 6.45) is 3.36. The van der Waals surface area contributed by atoms with E-state index in [2.05, 4.69) is 20.3 Å². The summed E-state index contributed by atoms with van der Waals surface area (Å²) < 4.78 is 6.10. The molecule has 0 spiro atoms. The number of ether oxygens (including phenoxy) is 1. The topological polar surface area (TPSA) is 59.9 Å². The maximum Gasteiger partial charge on any atom is 0.212 e. The number of rotatable bonds is 4. The lowest BCUT2D eigenvalue weighted by Gasteiger charge is -2.06. The van der Waals surface area contributed by atoms with Crippen LogP contribution < -0.4 is 10.1 Å². The third-order valence-electron chi connectivity index (χ3n) is 2.71. The van der Waals surface area contributed by atoms with Crippen molar-refractivity contribution < 1.29 is 4.74 Å². The summed E-state index contributed by atoms with van der Waals surface area (Å²) in [5.74, 6) is 1.47. The first kappa shape index (κ1) is 11.9. The van der Waals surface area contributed by atoms with Crippen LogP contribution in [-0.4, -0.2) is 22.1 Å². The lowest BCUT2D eigenvalue weighted by molar-refractivity contribution is 0.397. The van der Waals surface area contributed by atoms with Crippen molar-refractivity contribution in [3.05, 3.63) is 41.7 Å². The zero-order valence-electron chi connectivity index (χ0n) is 10.3. The van der Waals surface area contributed by atoms with Crippen LogP contribution in [0.2, 0.25) is 0 Å². The monoisotopic (exact) mass is 272 g/mol. The van der Waals surface area contributed by atoms with Gasteiger partial charge in [-0.15, -0.1) is 11.3 Å². The Morgan fingerprint density at radius 3 is 2.95 bits per heavy atom. The summed E-state index contributed by atoms with van der Waals surface area (Å²) >= 11 is 1.63. The molecule has 3 rings (SSSR count). The molecule has 0 saturated heterocycles. The van der Waals surface area contributed by atoms with Gasteiger partial charge in [0.25, 0.3) is 0 Å². The van der Waals surface area contributed by atoms with Crippen LogP contribution in [0.5, 0.6) is 5.88 Å². The first-order valence-electron chi connectivity index (χ1n) is 5.78. The Morgan fingerprint density at radius 2 is 2.16 bits per heavy atom. The molecule has 1 N–H and O–H groups in total. The van der Waals surface area contributed by atoms with Gasteiger partial charge in [0.15, 0.2) is 0 Å². The Hall–Kier alpha value is -2.21. The van der Waals surface area contributed by atoms with E-state index in [1.807, 2.05) is 23.6 Å². The summed E-state index contributed by atoms with van der Waals surface area (Å²) in [4.78, 5) is 12.7. The van der Waals surface area contributed by atoms with Crippen LogP contribution in [0.15, 0.2) is 36.1 Å². The molecule has 5 nitrogen and oxygen atoms in total. The van der Waals surface area contributed by atoms with Crippen LogP contribution in [0.25, 0.3) is 10.2 Å². The summed E-state index contributed by atoms with van der Waals surface area (Å²) in [5.41, 5.74) is 2.04. The third kappa shape index (κ3) is 2.48. The lowest BCUT2D eigenvalue weighted by Crippen LogP contribution is -2.02. The molecule has 19 heavy (non-hydrogen) atoms. The van der Waals surface area contributed by atoms with Crippen LogP contribution in [0, 0.1) is 0 Å². The number of fused-ring (bicyclic) bond motifs is 1. The van der Waals surface area contributed by atoms with Crippen LogP contribution >= 0.6 is 11.3 Å². The van der Waals surface area contributed by atoms with Gasteiger partial charge in [-0.25, -0.2) is 15.0 Å². The number of aromatic nitrogens is 3. The van der Waals surface area contributed by atoms with E-state index >= 15 is 0 Å². The lowest BCUT2D eigenvalue weighted by atomic mass is 10.3. The van der Waals surface area contributed by atoms with Crippen molar-refractivity contribution in [1.29, 1.82) is 0 Å². The predicted octanol–water partition coefficient (Wildman–Crippen LogP) is 2.71. The molecule has 0 saturated carbocycles. The molecule has 3 heterocycles. The van der Waals surface area contributed by atoms with Gasteiger partial charge in [0.05, 0.1) is 17.3 Å². The molecule has 0 radical (unpaired) electrons. The highest BCUT2D eigenvalue weighted by molar-refractivity contribution is 7.17. The minimum atomic E-state index is 0.617. The first-order valence-corrected chi connectivity index (χ1v) is 6.66. The number of methoxy groups -OCH3 is 1. The predicted molar refractivity (Wildman–Crippen MR) is 75.5 cm³/mol. The second-order valence-electron chi connectivity index (χ2n) is 3.92. The van der Waals surface area contributed by atoms with Gasteiger partial charge in [-0.05, 0) is 17.0 Å². The molecule has 0 bridgehead atoms. The number of anilines is 1. The molecule has 0 aliphatic heterocycles. The molecule has 6 heteroatoms. The van der Waals surface area contributed by atoms with Crippen LogP contribution in [0.4, 0.5) is 5.82 Å². The van der Waals surface area contributed by atoms with Gasteiger partial charge in [-0.2, -0.15) is 0 Å². The first-order chi connectivity index (χ1) is 9.36. The van der Waals surface area contributed by atoms with Gasteiger partial charge in [-0.3, -0.25) is 0 Å². The van der Waals surface area contributed by atoms with Crippen molar-refractivity contribution in [3.8, 4) is 5.88 Å². The molecule has 0 amide bonds. The molecule has 0 aliphatic rings. The fourth-order valence-corrected chi connectivity index (χ4v) is 2.55. The van der Waals surface area contributed by atoms with Gasteiger partial charge >= 0.3 is 0 Å². The molecule has 3 aromatic rings. The van der Waals surface area contributed by atoms with Crippen molar-refractivity contribution in [2.45, 2.75) is 6.54 Å². The highest BCUT2D eigenvalue weighted by Gasteiger charge is 2.04. The normalized spacial score (nSPS) is 10.6. The quantitative estimate of drug-likeness (QED) is 0.791. The largest absolute Gasteiger partial charge is 0.481 e.